The first kappa shape index (κ1) is 14.9. The van der Waals surface area contributed by atoms with Gasteiger partial charge in [-0.1, -0.05) is 18.2 Å². The number of aromatic hydroxyl groups is 1. The third kappa shape index (κ3) is 2.71. The molecule has 0 aliphatic heterocycles. The molecule has 0 saturated carbocycles. The van der Waals surface area contributed by atoms with Crippen LogP contribution < -0.4 is 10.4 Å². The Balaban J connectivity index is 2.35. The predicted octanol–water partition coefficient (Wildman–Crippen LogP) is 3.90. The molecule has 1 N–H and O–H groups in total. The summed E-state index contributed by atoms with van der Waals surface area (Å²) in [6.45, 7) is 3.68. The van der Waals surface area contributed by atoms with Gasteiger partial charge < -0.3 is 14.3 Å². The van der Waals surface area contributed by atoms with Crippen molar-refractivity contribution >= 4 is 11.0 Å². The molecule has 1 heterocycles. The monoisotopic (exact) mass is 308 g/mol. The van der Waals surface area contributed by atoms with Crippen molar-refractivity contribution in [3.05, 3.63) is 71.1 Å². The number of methoxy groups -OCH3 is 1. The Labute approximate surface area is 133 Å². The Hall–Kier alpha value is -3.01. The standard InChI is InChI=1S/C19H16O4/c1-3-5-15-17(20)9-8-14-16(11-18(21)23-19(14)15)12-6-4-7-13(10-12)22-2/h3-4,6-11,20H,1,5H2,2H3. The first-order chi connectivity index (χ1) is 11.1. The molecule has 116 valence electrons. The van der Waals surface area contributed by atoms with Crippen LogP contribution in [-0.4, -0.2) is 12.2 Å². The maximum absolute atomic E-state index is 12.0. The molecule has 4 heteroatoms. The second-order valence-corrected chi connectivity index (χ2v) is 5.14. The summed E-state index contributed by atoms with van der Waals surface area (Å²) in [5, 5.41) is 10.8. The number of allylic oxidation sites excluding steroid dienone is 1. The van der Waals surface area contributed by atoms with Gasteiger partial charge in [0.05, 0.1) is 7.11 Å². The summed E-state index contributed by atoms with van der Waals surface area (Å²) < 4.78 is 10.6. The minimum Gasteiger partial charge on any atom is -0.508 e. The minimum atomic E-state index is -0.466. The van der Waals surface area contributed by atoms with Crippen LogP contribution in [0.1, 0.15) is 5.56 Å². The van der Waals surface area contributed by atoms with Crippen molar-refractivity contribution in [2.24, 2.45) is 0 Å². The second-order valence-electron chi connectivity index (χ2n) is 5.14. The largest absolute Gasteiger partial charge is 0.508 e. The van der Waals surface area contributed by atoms with E-state index < -0.39 is 5.63 Å². The van der Waals surface area contributed by atoms with Crippen molar-refractivity contribution in [2.75, 3.05) is 7.11 Å². The van der Waals surface area contributed by atoms with Crippen LogP contribution in [0, 0.1) is 0 Å². The Kier molecular flexibility index (Phi) is 3.89. The molecule has 0 aliphatic rings. The number of hydrogen-bond acceptors (Lipinski definition) is 4. The van der Waals surface area contributed by atoms with Gasteiger partial charge >= 0.3 is 5.63 Å². The lowest BCUT2D eigenvalue weighted by Crippen LogP contribution is -2.00. The molecule has 0 spiro atoms. The van der Waals surface area contributed by atoms with Crippen LogP contribution in [0.25, 0.3) is 22.1 Å². The quantitative estimate of drug-likeness (QED) is 0.586. The molecule has 0 atom stereocenters. The van der Waals surface area contributed by atoms with Gasteiger partial charge in [-0.2, -0.15) is 0 Å². The molecule has 4 nitrogen and oxygen atoms in total. The molecule has 3 rings (SSSR count). The van der Waals surface area contributed by atoms with E-state index in [9.17, 15) is 9.90 Å². The van der Waals surface area contributed by atoms with Gasteiger partial charge in [0.25, 0.3) is 0 Å². The fourth-order valence-electron chi connectivity index (χ4n) is 2.64. The average Bonchev–Trinajstić information content (AvgIpc) is 2.57. The summed E-state index contributed by atoms with van der Waals surface area (Å²) in [6, 6.07) is 12.3. The van der Waals surface area contributed by atoms with Crippen LogP contribution in [-0.2, 0) is 6.42 Å². The molecular formula is C19H16O4. The van der Waals surface area contributed by atoms with Crippen LogP contribution in [0.3, 0.4) is 0 Å². The Bertz CT molecular complexity index is 938. The zero-order valence-electron chi connectivity index (χ0n) is 12.7. The van der Waals surface area contributed by atoms with Crippen LogP contribution in [0.2, 0.25) is 0 Å². The number of rotatable bonds is 4. The van der Waals surface area contributed by atoms with Crippen molar-refractivity contribution in [2.45, 2.75) is 6.42 Å². The molecular weight excluding hydrogens is 292 g/mol. The smallest absolute Gasteiger partial charge is 0.336 e. The third-order valence-corrected chi connectivity index (χ3v) is 3.72. The minimum absolute atomic E-state index is 0.0864. The maximum Gasteiger partial charge on any atom is 0.336 e. The molecule has 23 heavy (non-hydrogen) atoms. The zero-order valence-corrected chi connectivity index (χ0v) is 12.7. The van der Waals surface area contributed by atoms with E-state index in [4.69, 9.17) is 9.15 Å². The van der Waals surface area contributed by atoms with Gasteiger partial charge in [-0.3, -0.25) is 0 Å². The maximum atomic E-state index is 12.0. The molecule has 2 aromatic carbocycles. The molecule has 1 aromatic heterocycles. The van der Waals surface area contributed by atoms with Gasteiger partial charge in [-0.25, -0.2) is 4.79 Å². The van der Waals surface area contributed by atoms with Gasteiger partial charge in [-0.15, -0.1) is 6.58 Å². The van der Waals surface area contributed by atoms with E-state index in [1.54, 1.807) is 25.3 Å². The van der Waals surface area contributed by atoms with Crippen molar-refractivity contribution in [1.82, 2.24) is 0 Å². The molecule has 0 fully saturated rings. The zero-order chi connectivity index (χ0) is 16.4. The van der Waals surface area contributed by atoms with Gasteiger partial charge in [0.2, 0.25) is 0 Å². The first-order valence-electron chi connectivity index (χ1n) is 7.18. The van der Waals surface area contributed by atoms with Crippen LogP contribution in [0.5, 0.6) is 11.5 Å². The Morgan fingerprint density at radius 1 is 1.26 bits per heavy atom. The fourth-order valence-corrected chi connectivity index (χ4v) is 2.64. The summed E-state index contributed by atoms with van der Waals surface area (Å²) in [4.78, 5) is 12.0. The topological polar surface area (TPSA) is 59.7 Å². The number of hydrogen-bond donors (Lipinski definition) is 1. The van der Waals surface area contributed by atoms with Gasteiger partial charge in [0.15, 0.2) is 0 Å². The van der Waals surface area contributed by atoms with Gasteiger partial charge in [0.1, 0.15) is 17.1 Å². The molecule has 0 amide bonds. The highest BCUT2D eigenvalue weighted by atomic mass is 16.5. The molecule has 0 saturated heterocycles. The Morgan fingerprint density at radius 3 is 2.83 bits per heavy atom. The van der Waals surface area contributed by atoms with Crippen LogP contribution >= 0.6 is 0 Å². The van der Waals surface area contributed by atoms with Crippen molar-refractivity contribution < 1.29 is 14.3 Å². The lowest BCUT2D eigenvalue weighted by Gasteiger charge is -2.10. The van der Waals surface area contributed by atoms with E-state index in [1.165, 1.54) is 6.07 Å². The van der Waals surface area contributed by atoms with Crippen molar-refractivity contribution in [3.63, 3.8) is 0 Å². The average molecular weight is 308 g/mol. The third-order valence-electron chi connectivity index (χ3n) is 3.72. The van der Waals surface area contributed by atoms with Crippen LogP contribution in [0.15, 0.2) is 64.3 Å². The lowest BCUT2D eigenvalue weighted by atomic mass is 9.98. The van der Waals surface area contributed by atoms with E-state index in [0.717, 1.165) is 16.5 Å². The van der Waals surface area contributed by atoms with Crippen molar-refractivity contribution in [1.29, 1.82) is 0 Å². The van der Waals surface area contributed by atoms with Crippen LogP contribution in [0.4, 0.5) is 0 Å². The number of phenolic OH excluding ortho intramolecular Hbond substituents is 1. The van der Waals surface area contributed by atoms with E-state index in [-0.39, 0.29) is 5.75 Å². The fraction of sp³-hybridized carbons (Fsp3) is 0.105. The highest BCUT2D eigenvalue weighted by molar-refractivity contribution is 5.95. The summed E-state index contributed by atoms with van der Waals surface area (Å²) in [6.07, 6.45) is 2.07. The molecule has 0 bridgehead atoms. The SMILES string of the molecule is C=CCc1c(O)ccc2c(-c3cccc(OC)c3)cc(=O)oc12. The van der Waals surface area contributed by atoms with Gasteiger partial charge in [0, 0.05) is 17.0 Å². The van der Waals surface area contributed by atoms with E-state index in [0.29, 0.717) is 23.3 Å². The number of benzene rings is 2. The molecule has 3 aromatic rings. The van der Waals surface area contributed by atoms with E-state index >= 15 is 0 Å². The Morgan fingerprint density at radius 2 is 2.09 bits per heavy atom. The predicted molar refractivity (Wildman–Crippen MR) is 90.0 cm³/mol. The molecule has 0 unspecified atom stereocenters. The molecule has 0 radical (unpaired) electrons. The summed E-state index contributed by atoms with van der Waals surface area (Å²) in [5.41, 5.74) is 2.05. The summed E-state index contributed by atoms with van der Waals surface area (Å²) in [5.74, 6) is 0.789. The molecule has 0 aliphatic carbocycles. The van der Waals surface area contributed by atoms with Gasteiger partial charge in [-0.05, 0) is 41.8 Å². The van der Waals surface area contributed by atoms with Crippen molar-refractivity contribution in [3.8, 4) is 22.6 Å². The van der Waals surface area contributed by atoms with E-state index in [1.807, 2.05) is 24.3 Å². The second kappa shape index (κ2) is 6.01. The number of phenols is 1. The number of ether oxygens (including phenoxy) is 1. The highest BCUT2D eigenvalue weighted by Gasteiger charge is 2.14. The summed E-state index contributed by atoms with van der Waals surface area (Å²) >= 11 is 0. The highest BCUT2D eigenvalue weighted by Crippen LogP contribution is 2.34. The normalized spacial score (nSPS) is 10.7. The lowest BCUT2D eigenvalue weighted by molar-refractivity contribution is 0.415. The summed E-state index contributed by atoms with van der Waals surface area (Å²) in [7, 11) is 1.59. The van der Waals surface area contributed by atoms with E-state index in [2.05, 4.69) is 6.58 Å². The number of fused-ring (bicyclic) bond motifs is 1. The first-order valence-corrected chi connectivity index (χ1v) is 7.18.